The van der Waals surface area contributed by atoms with Gasteiger partial charge < -0.3 is 15.2 Å². The number of nitrogens with zero attached hydrogens (tertiary/aromatic N) is 2. The zero-order chi connectivity index (χ0) is 16.9. The van der Waals surface area contributed by atoms with Gasteiger partial charge in [0.25, 0.3) is 5.69 Å². The number of rotatable bonds is 7. The Morgan fingerprint density at radius 3 is 2.83 bits per heavy atom. The number of hydrogen-bond acceptors (Lipinski definition) is 6. The van der Waals surface area contributed by atoms with Gasteiger partial charge in [0.1, 0.15) is 0 Å². The van der Waals surface area contributed by atoms with Crippen LogP contribution in [0, 0.1) is 10.1 Å². The lowest BCUT2D eigenvalue weighted by Crippen LogP contribution is -2.50. The Morgan fingerprint density at radius 2 is 2.17 bits per heavy atom. The molecule has 0 spiro atoms. The molecular formula is C15H22ClN3O4. The number of aliphatic hydroxyl groups is 1. The van der Waals surface area contributed by atoms with E-state index in [9.17, 15) is 15.2 Å². The molecule has 7 nitrogen and oxygen atoms in total. The van der Waals surface area contributed by atoms with Crippen LogP contribution >= 0.6 is 11.6 Å². The molecule has 0 aromatic heterocycles. The molecule has 1 aliphatic rings. The number of hydrogen-bond donors (Lipinski definition) is 2. The molecule has 23 heavy (non-hydrogen) atoms. The largest absolute Gasteiger partial charge is 0.388 e. The first kappa shape index (κ1) is 18.1. The molecule has 0 amide bonds. The molecule has 1 saturated heterocycles. The van der Waals surface area contributed by atoms with Gasteiger partial charge in [-0.25, -0.2) is 0 Å². The maximum atomic E-state index is 10.8. The molecule has 8 heteroatoms. The summed E-state index contributed by atoms with van der Waals surface area (Å²) in [4.78, 5) is 12.5. The Bertz CT molecular complexity index is 548. The highest BCUT2D eigenvalue weighted by Crippen LogP contribution is 2.22. The summed E-state index contributed by atoms with van der Waals surface area (Å²) in [5.74, 6) is 0. The van der Waals surface area contributed by atoms with Gasteiger partial charge in [-0.2, -0.15) is 0 Å². The van der Waals surface area contributed by atoms with E-state index in [1.54, 1.807) is 6.92 Å². The van der Waals surface area contributed by atoms with Crippen LogP contribution in [0.4, 0.5) is 5.69 Å². The fraction of sp³-hybridized carbons (Fsp3) is 0.600. The maximum absolute atomic E-state index is 10.8. The van der Waals surface area contributed by atoms with Crippen LogP contribution in [0.2, 0.25) is 5.02 Å². The molecule has 2 N–H and O–H groups in total. The number of β-amino-alcohol motifs (C(OH)–C–C–N with tert-alkyl or cyclic N) is 1. The van der Waals surface area contributed by atoms with Crippen molar-refractivity contribution in [1.82, 2.24) is 10.2 Å². The van der Waals surface area contributed by atoms with E-state index in [-0.39, 0.29) is 5.69 Å². The van der Waals surface area contributed by atoms with Crippen LogP contribution < -0.4 is 5.32 Å². The van der Waals surface area contributed by atoms with Gasteiger partial charge in [0, 0.05) is 49.9 Å². The zero-order valence-electron chi connectivity index (χ0n) is 13.1. The van der Waals surface area contributed by atoms with Gasteiger partial charge in [-0.3, -0.25) is 15.0 Å². The quantitative estimate of drug-likeness (QED) is 0.575. The van der Waals surface area contributed by atoms with Gasteiger partial charge in [-0.05, 0) is 18.6 Å². The van der Waals surface area contributed by atoms with Gasteiger partial charge >= 0.3 is 0 Å². The van der Waals surface area contributed by atoms with Crippen molar-refractivity contribution in [1.29, 1.82) is 0 Å². The average Bonchev–Trinajstić information content (AvgIpc) is 2.49. The van der Waals surface area contributed by atoms with Crippen molar-refractivity contribution < 1.29 is 14.8 Å². The number of halogens is 1. The van der Waals surface area contributed by atoms with Crippen molar-refractivity contribution in [2.24, 2.45) is 0 Å². The van der Waals surface area contributed by atoms with Crippen LogP contribution in [0.25, 0.3) is 0 Å². The molecule has 1 heterocycles. The minimum Gasteiger partial charge on any atom is -0.388 e. The fourth-order valence-electron chi connectivity index (χ4n) is 2.57. The highest BCUT2D eigenvalue weighted by atomic mass is 35.5. The third-order valence-corrected chi connectivity index (χ3v) is 4.10. The average molecular weight is 344 g/mol. The Labute approximate surface area is 140 Å². The van der Waals surface area contributed by atoms with Crippen molar-refractivity contribution in [3.05, 3.63) is 38.9 Å². The summed E-state index contributed by atoms with van der Waals surface area (Å²) in [6.45, 7) is 6.04. The van der Waals surface area contributed by atoms with Crippen LogP contribution in [0.15, 0.2) is 18.2 Å². The topological polar surface area (TPSA) is 87.9 Å². The molecule has 1 aliphatic heterocycles. The number of ether oxygens (including phenoxy) is 1. The summed E-state index contributed by atoms with van der Waals surface area (Å²) in [6, 6.07) is 4.34. The second-order valence-electron chi connectivity index (χ2n) is 6.02. The molecule has 1 atom stereocenters. The second-order valence-corrected chi connectivity index (χ2v) is 6.43. The van der Waals surface area contributed by atoms with E-state index in [0.29, 0.717) is 43.4 Å². The number of nitro benzene ring substituents is 1. The monoisotopic (exact) mass is 343 g/mol. The van der Waals surface area contributed by atoms with Crippen molar-refractivity contribution >= 4 is 17.3 Å². The summed E-state index contributed by atoms with van der Waals surface area (Å²) >= 11 is 6.06. The predicted octanol–water partition coefficient (Wildman–Crippen LogP) is 1.42. The van der Waals surface area contributed by atoms with Crippen LogP contribution in [0.5, 0.6) is 0 Å². The van der Waals surface area contributed by atoms with E-state index < -0.39 is 10.5 Å². The Balaban J connectivity index is 1.85. The highest BCUT2D eigenvalue weighted by molar-refractivity contribution is 6.31. The van der Waals surface area contributed by atoms with Gasteiger partial charge in [-0.15, -0.1) is 0 Å². The molecule has 1 unspecified atom stereocenters. The van der Waals surface area contributed by atoms with Gasteiger partial charge in [0.2, 0.25) is 0 Å². The molecule has 1 aromatic carbocycles. The van der Waals surface area contributed by atoms with Crippen LogP contribution in [-0.2, 0) is 11.3 Å². The number of nitro groups is 1. The summed E-state index contributed by atoms with van der Waals surface area (Å²) < 4.78 is 5.29. The highest BCUT2D eigenvalue weighted by Gasteiger charge is 2.25. The lowest BCUT2D eigenvalue weighted by Gasteiger charge is -2.34. The van der Waals surface area contributed by atoms with E-state index in [1.165, 1.54) is 18.2 Å². The third-order valence-electron chi connectivity index (χ3n) is 3.73. The second kappa shape index (κ2) is 8.03. The number of benzene rings is 1. The van der Waals surface area contributed by atoms with Crippen LogP contribution in [0.1, 0.15) is 12.5 Å². The van der Waals surface area contributed by atoms with Gasteiger partial charge in [0.05, 0.1) is 23.7 Å². The van der Waals surface area contributed by atoms with E-state index >= 15 is 0 Å². The van der Waals surface area contributed by atoms with Crippen molar-refractivity contribution in [3.8, 4) is 0 Å². The first-order valence-electron chi connectivity index (χ1n) is 7.53. The third kappa shape index (κ3) is 5.71. The van der Waals surface area contributed by atoms with Crippen molar-refractivity contribution in [2.75, 3.05) is 39.4 Å². The van der Waals surface area contributed by atoms with E-state index in [0.717, 1.165) is 13.1 Å². The Morgan fingerprint density at radius 1 is 1.48 bits per heavy atom. The first-order chi connectivity index (χ1) is 10.9. The predicted molar refractivity (Wildman–Crippen MR) is 87.7 cm³/mol. The van der Waals surface area contributed by atoms with Crippen LogP contribution in [-0.4, -0.2) is 59.9 Å². The summed E-state index contributed by atoms with van der Waals surface area (Å²) in [7, 11) is 0. The molecule has 0 radical (unpaired) electrons. The molecule has 0 aliphatic carbocycles. The smallest absolute Gasteiger partial charge is 0.269 e. The standard InChI is InChI=1S/C15H22ClN3O4/c1-15(20,11-18-4-6-23-7-5-18)10-17-9-12-8-13(19(21)22)2-3-14(12)16/h2-3,8,17,20H,4-7,9-11H2,1H3. The van der Waals surface area contributed by atoms with E-state index in [2.05, 4.69) is 10.2 Å². The fourth-order valence-corrected chi connectivity index (χ4v) is 2.76. The summed E-state index contributed by atoms with van der Waals surface area (Å²) in [6.07, 6.45) is 0. The van der Waals surface area contributed by atoms with Crippen LogP contribution in [0.3, 0.4) is 0 Å². The summed E-state index contributed by atoms with van der Waals surface area (Å²) in [5.41, 5.74) is -0.251. The molecule has 1 fully saturated rings. The zero-order valence-corrected chi connectivity index (χ0v) is 13.9. The molecule has 0 saturated carbocycles. The molecule has 0 bridgehead atoms. The Hall–Kier alpha value is -1.25. The first-order valence-corrected chi connectivity index (χ1v) is 7.91. The minimum absolute atomic E-state index is 0.00581. The maximum Gasteiger partial charge on any atom is 0.269 e. The minimum atomic E-state index is -0.898. The normalized spacial score (nSPS) is 18.6. The lowest BCUT2D eigenvalue weighted by atomic mass is 10.1. The SMILES string of the molecule is CC(O)(CNCc1cc([N+](=O)[O-])ccc1Cl)CN1CCOCC1. The number of morpholine rings is 1. The van der Waals surface area contributed by atoms with Gasteiger partial charge in [-0.1, -0.05) is 11.6 Å². The molecule has 128 valence electrons. The van der Waals surface area contributed by atoms with Crippen molar-refractivity contribution in [3.63, 3.8) is 0 Å². The van der Waals surface area contributed by atoms with E-state index in [4.69, 9.17) is 16.3 Å². The lowest BCUT2D eigenvalue weighted by molar-refractivity contribution is -0.384. The number of nitrogens with one attached hydrogen (secondary N) is 1. The molecular weight excluding hydrogens is 322 g/mol. The van der Waals surface area contributed by atoms with E-state index in [1.807, 2.05) is 0 Å². The van der Waals surface area contributed by atoms with Gasteiger partial charge in [0.15, 0.2) is 0 Å². The molecule has 2 rings (SSSR count). The Kier molecular flexibility index (Phi) is 6.32. The summed E-state index contributed by atoms with van der Waals surface area (Å²) in [5, 5.41) is 24.9. The molecule has 1 aromatic rings. The number of non-ortho nitro benzene ring substituents is 1. The van der Waals surface area contributed by atoms with Crippen molar-refractivity contribution in [2.45, 2.75) is 19.1 Å².